The fraction of sp³-hybridized carbons (Fsp3) is 0.100. The topological polar surface area (TPSA) is 104 Å². The fourth-order valence-electron chi connectivity index (χ4n) is 2.59. The minimum atomic E-state index is -3.77. The van der Waals surface area contributed by atoms with E-state index in [1.165, 1.54) is 25.4 Å². The van der Waals surface area contributed by atoms with Gasteiger partial charge >= 0.3 is 0 Å². The number of anilines is 3. The van der Waals surface area contributed by atoms with Gasteiger partial charge < -0.3 is 10.1 Å². The number of aromatic nitrogens is 1. The van der Waals surface area contributed by atoms with Crippen molar-refractivity contribution in [3.8, 4) is 11.8 Å². The molecule has 0 aliphatic heterocycles. The summed E-state index contributed by atoms with van der Waals surface area (Å²) in [5.41, 5.74) is 2.50. The van der Waals surface area contributed by atoms with Crippen molar-refractivity contribution in [2.75, 3.05) is 17.1 Å². The standard InChI is InChI=1S/C20H18N4O3S/c1-14-11-17(8-9-19(14)27-2)28(25,26)24-20-10-7-16(13-22-20)23-18-6-4-3-5-15(18)12-21/h3-11,13,23H,1-2H3,(H,22,24). The third-order valence-corrected chi connectivity index (χ3v) is 5.36. The van der Waals surface area contributed by atoms with Gasteiger partial charge in [-0.05, 0) is 55.0 Å². The molecule has 3 aromatic rings. The van der Waals surface area contributed by atoms with Gasteiger partial charge in [0.2, 0.25) is 0 Å². The Labute approximate surface area is 163 Å². The van der Waals surface area contributed by atoms with Gasteiger partial charge in [0, 0.05) is 0 Å². The number of nitrogens with zero attached hydrogens (tertiary/aromatic N) is 2. The van der Waals surface area contributed by atoms with Crippen molar-refractivity contribution in [2.24, 2.45) is 0 Å². The molecule has 142 valence electrons. The smallest absolute Gasteiger partial charge is 0.263 e. The van der Waals surface area contributed by atoms with Crippen LogP contribution in [0.15, 0.2) is 65.7 Å². The van der Waals surface area contributed by atoms with Crippen LogP contribution in [0, 0.1) is 18.3 Å². The first-order valence-electron chi connectivity index (χ1n) is 8.32. The van der Waals surface area contributed by atoms with Gasteiger partial charge in [0.15, 0.2) is 0 Å². The van der Waals surface area contributed by atoms with E-state index >= 15 is 0 Å². The number of hydrogen-bond donors (Lipinski definition) is 2. The summed E-state index contributed by atoms with van der Waals surface area (Å²) in [6, 6.07) is 17.0. The van der Waals surface area contributed by atoms with E-state index in [0.29, 0.717) is 28.3 Å². The number of sulfonamides is 1. The van der Waals surface area contributed by atoms with Gasteiger partial charge in [-0.3, -0.25) is 4.72 Å². The Morgan fingerprint density at radius 3 is 2.54 bits per heavy atom. The summed E-state index contributed by atoms with van der Waals surface area (Å²) in [6.45, 7) is 1.77. The van der Waals surface area contributed by atoms with Crippen LogP contribution in [0.2, 0.25) is 0 Å². The molecule has 0 aliphatic rings. The summed E-state index contributed by atoms with van der Waals surface area (Å²) >= 11 is 0. The predicted octanol–water partition coefficient (Wildman–Crippen LogP) is 3.81. The van der Waals surface area contributed by atoms with Crippen molar-refractivity contribution >= 4 is 27.2 Å². The molecule has 0 amide bonds. The first-order valence-corrected chi connectivity index (χ1v) is 9.81. The van der Waals surface area contributed by atoms with Gasteiger partial charge in [0.1, 0.15) is 17.6 Å². The lowest BCUT2D eigenvalue weighted by Gasteiger charge is -2.11. The molecule has 7 nitrogen and oxygen atoms in total. The number of benzene rings is 2. The second-order valence-electron chi connectivity index (χ2n) is 5.95. The molecule has 0 spiro atoms. The Balaban J connectivity index is 1.76. The number of methoxy groups -OCH3 is 1. The van der Waals surface area contributed by atoms with E-state index < -0.39 is 10.0 Å². The number of nitriles is 1. The number of aryl methyl sites for hydroxylation is 1. The van der Waals surface area contributed by atoms with Gasteiger partial charge in [-0.25, -0.2) is 13.4 Å². The zero-order valence-corrected chi connectivity index (χ0v) is 16.1. The SMILES string of the molecule is COc1ccc(S(=O)(=O)Nc2ccc(Nc3ccccc3C#N)cn2)cc1C. The van der Waals surface area contributed by atoms with Crippen molar-refractivity contribution in [1.29, 1.82) is 5.26 Å². The maximum Gasteiger partial charge on any atom is 0.263 e. The van der Waals surface area contributed by atoms with E-state index in [0.717, 1.165) is 0 Å². The summed E-state index contributed by atoms with van der Waals surface area (Å²) in [5.74, 6) is 0.803. The third-order valence-electron chi connectivity index (χ3n) is 4.01. The summed E-state index contributed by atoms with van der Waals surface area (Å²) in [6.07, 6.45) is 1.49. The van der Waals surface area contributed by atoms with Crippen molar-refractivity contribution in [1.82, 2.24) is 4.98 Å². The van der Waals surface area contributed by atoms with Crippen LogP contribution in [0.1, 0.15) is 11.1 Å². The molecule has 2 N–H and O–H groups in total. The second-order valence-corrected chi connectivity index (χ2v) is 7.63. The monoisotopic (exact) mass is 394 g/mol. The van der Waals surface area contributed by atoms with Crippen LogP contribution in [0.25, 0.3) is 0 Å². The van der Waals surface area contributed by atoms with Crippen LogP contribution in [0.3, 0.4) is 0 Å². The van der Waals surface area contributed by atoms with Crippen LogP contribution in [-0.4, -0.2) is 20.5 Å². The van der Waals surface area contributed by atoms with E-state index in [1.54, 1.807) is 43.3 Å². The van der Waals surface area contributed by atoms with E-state index in [2.05, 4.69) is 21.1 Å². The molecule has 0 bridgehead atoms. The lowest BCUT2D eigenvalue weighted by molar-refractivity contribution is 0.411. The zero-order chi connectivity index (χ0) is 20.1. The van der Waals surface area contributed by atoms with E-state index in [1.807, 2.05) is 6.07 Å². The fourth-order valence-corrected chi connectivity index (χ4v) is 3.68. The average Bonchev–Trinajstić information content (AvgIpc) is 2.69. The molecule has 28 heavy (non-hydrogen) atoms. The van der Waals surface area contributed by atoms with Crippen molar-refractivity contribution < 1.29 is 13.2 Å². The Morgan fingerprint density at radius 1 is 1.11 bits per heavy atom. The minimum absolute atomic E-state index is 0.123. The molecule has 3 rings (SSSR count). The van der Waals surface area contributed by atoms with Crippen LogP contribution < -0.4 is 14.8 Å². The Kier molecular flexibility index (Phi) is 5.47. The second kappa shape index (κ2) is 7.98. The Bertz CT molecular complexity index is 1140. The minimum Gasteiger partial charge on any atom is -0.496 e. The first-order chi connectivity index (χ1) is 13.4. The number of hydrogen-bond acceptors (Lipinski definition) is 6. The molecule has 0 saturated heterocycles. The summed E-state index contributed by atoms with van der Waals surface area (Å²) in [5, 5.41) is 12.2. The van der Waals surface area contributed by atoms with E-state index in [4.69, 9.17) is 10.00 Å². The molecule has 2 aromatic carbocycles. The van der Waals surface area contributed by atoms with Crippen LogP contribution in [0.5, 0.6) is 5.75 Å². The molecule has 0 unspecified atom stereocenters. The van der Waals surface area contributed by atoms with Crippen molar-refractivity contribution in [2.45, 2.75) is 11.8 Å². The van der Waals surface area contributed by atoms with Gasteiger partial charge in [0.05, 0.1) is 35.1 Å². The van der Waals surface area contributed by atoms with Gasteiger partial charge in [-0.15, -0.1) is 0 Å². The highest BCUT2D eigenvalue weighted by Gasteiger charge is 2.16. The highest BCUT2D eigenvalue weighted by atomic mass is 32.2. The highest BCUT2D eigenvalue weighted by molar-refractivity contribution is 7.92. The molecule has 0 radical (unpaired) electrons. The zero-order valence-electron chi connectivity index (χ0n) is 15.3. The average molecular weight is 394 g/mol. The number of rotatable bonds is 6. The van der Waals surface area contributed by atoms with Crippen LogP contribution >= 0.6 is 0 Å². The van der Waals surface area contributed by atoms with E-state index in [-0.39, 0.29) is 10.7 Å². The molecule has 1 aromatic heterocycles. The normalized spacial score (nSPS) is 10.8. The molecule has 0 fully saturated rings. The summed E-state index contributed by atoms with van der Waals surface area (Å²) in [7, 11) is -2.24. The molecule has 1 heterocycles. The third kappa shape index (κ3) is 4.22. The predicted molar refractivity (Wildman–Crippen MR) is 107 cm³/mol. The number of pyridine rings is 1. The molecular formula is C20H18N4O3S. The molecule has 0 aliphatic carbocycles. The largest absolute Gasteiger partial charge is 0.496 e. The maximum absolute atomic E-state index is 12.6. The molecule has 8 heteroatoms. The van der Waals surface area contributed by atoms with Gasteiger partial charge in [0.25, 0.3) is 10.0 Å². The molecular weight excluding hydrogens is 376 g/mol. The first kappa shape index (κ1) is 19.2. The summed E-state index contributed by atoms with van der Waals surface area (Å²) < 4.78 is 32.7. The quantitative estimate of drug-likeness (QED) is 0.659. The number of nitrogens with one attached hydrogen (secondary N) is 2. The molecule has 0 saturated carbocycles. The van der Waals surface area contributed by atoms with Gasteiger partial charge in [-0.2, -0.15) is 5.26 Å². The summed E-state index contributed by atoms with van der Waals surface area (Å²) in [4.78, 5) is 4.26. The Hall–Kier alpha value is -3.57. The lowest BCUT2D eigenvalue weighted by atomic mass is 10.2. The van der Waals surface area contributed by atoms with Crippen molar-refractivity contribution in [3.05, 3.63) is 71.9 Å². The van der Waals surface area contributed by atoms with Crippen molar-refractivity contribution in [3.63, 3.8) is 0 Å². The highest BCUT2D eigenvalue weighted by Crippen LogP contribution is 2.24. The molecule has 0 atom stereocenters. The Morgan fingerprint density at radius 2 is 1.89 bits per heavy atom. The number of ether oxygens (including phenoxy) is 1. The number of para-hydroxylation sites is 1. The van der Waals surface area contributed by atoms with Crippen LogP contribution in [0.4, 0.5) is 17.2 Å². The van der Waals surface area contributed by atoms with Crippen LogP contribution in [-0.2, 0) is 10.0 Å². The van der Waals surface area contributed by atoms with E-state index in [9.17, 15) is 8.42 Å². The maximum atomic E-state index is 12.6. The lowest BCUT2D eigenvalue weighted by Crippen LogP contribution is -2.14. The van der Waals surface area contributed by atoms with Gasteiger partial charge in [-0.1, -0.05) is 12.1 Å².